The fourth-order valence-corrected chi connectivity index (χ4v) is 3.08. The summed E-state index contributed by atoms with van der Waals surface area (Å²) in [6.07, 6.45) is -4.47. The zero-order valence-electron chi connectivity index (χ0n) is 15.0. The van der Waals surface area contributed by atoms with E-state index in [4.69, 9.17) is 0 Å². The Hall–Kier alpha value is -2.88. The van der Waals surface area contributed by atoms with Crippen molar-refractivity contribution in [3.63, 3.8) is 0 Å². The molecule has 3 aromatic rings. The van der Waals surface area contributed by atoms with Crippen LogP contribution < -0.4 is 5.32 Å². The van der Waals surface area contributed by atoms with Gasteiger partial charge in [0.15, 0.2) is 0 Å². The van der Waals surface area contributed by atoms with E-state index in [1.165, 1.54) is 16.8 Å². The fourth-order valence-electron chi connectivity index (χ4n) is 2.39. The second-order valence-electron chi connectivity index (χ2n) is 6.06. The van der Waals surface area contributed by atoms with E-state index in [0.29, 0.717) is 5.16 Å². The molecule has 1 heterocycles. The van der Waals surface area contributed by atoms with Crippen molar-refractivity contribution >= 4 is 23.4 Å². The number of benzene rings is 2. The standard InChI is InChI=1S/C18H16F3N5OS/c1-11-6-7-15(8-12(11)2)26-17(23-24-25-26)28-10-16(27)22-14-5-3-4-13(9-14)18(19,20)21/h3-9H,10H2,1-2H3,(H,22,27). The van der Waals surface area contributed by atoms with Crippen LogP contribution in [-0.4, -0.2) is 31.9 Å². The van der Waals surface area contributed by atoms with E-state index in [1.807, 2.05) is 32.0 Å². The normalized spacial score (nSPS) is 11.5. The van der Waals surface area contributed by atoms with Crippen molar-refractivity contribution in [3.8, 4) is 5.69 Å². The van der Waals surface area contributed by atoms with Crippen molar-refractivity contribution in [3.05, 3.63) is 59.2 Å². The Morgan fingerprint density at radius 3 is 2.64 bits per heavy atom. The maximum Gasteiger partial charge on any atom is 0.416 e. The van der Waals surface area contributed by atoms with E-state index < -0.39 is 17.6 Å². The van der Waals surface area contributed by atoms with Crippen molar-refractivity contribution < 1.29 is 18.0 Å². The van der Waals surface area contributed by atoms with Gasteiger partial charge in [0.2, 0.25) is 11.1 Å². The second kappa shape index (κ2) is 8.01. The van der Waals surface area contributed by atoms with Crippen molar-refractivity contribution in [2.45, 2.75) is 25.2 Å². The molecule has 3 rings (SSSR count). The maximum atomic E-state index is 12.8. The van der Waals surface area contributed by atoms with Crippen LogP contribution in [0.4, 0.5) is 18.9 Å². The highest BCUT2D eigenvalue weighted by Gasteiger charge is 2.30. The van der Waals surface area contributed by atoms with Gasteiger partial charge in [-0.1, -0.05) is 23.9 Å². The summed E-state index contributed by atoms with van der Waals surface area (Å²) in [5, 5.41) is 14.3. The van der Waals surface area contributed by atoms with Crippen LogP contribution in [0.5, 0.6) is 0 Å². The van der Waals surface area contributed by atoms with E-state index in [-0.39, 0.29) is 11.4 Å². The topological polar surface area (TPSA) is 72.7 Å². The highest BCUT2D eigenvalue weighted by atomic mass is 32.2. The number of nitrogens with one attached hydrogen (secondary N) is 1. The third-order valence-corrected chi connectivity index (χ3v) is 4.90. The van der Waals surface area contributed by atoms with Gasteiger partial charge < -0.3 is 5.32 Å². The van der Waals surface area contributed by atoms with Gasteiger partial charge >= 0.3 is 6.18 Å². The molecule has 0 fully saturated rings. The quantitative estimate of drug-likeness (QED) is 0.647. The molecule has 0 aliphatic rings. The van der Waals surface area contributed by atoms with Gasteiger partial charge in [0.25, 0.3) is 0 Å². The maximum absolute atomic E-state index is 12.8. The van der Waals surface area contributed by atoms with Gasteiger partial charge in [-0.05, 0) is 65.7 Å². The Labute approximate surface area is 163 Å². The smallest absolute Gasteiger partial charge is 0.325 e. The first-order valence-electron chi connectivity index (χ1n) is 8.20. The zero-order chi connectivity index (χ0) is 20.3. The molecule has 10 heteroatoms. The minimum absolute atomic E-state index is 0.0541. The number of alkyl halides is 3. The molecule has 6 nitrogen and oxygen atoms in total. The Morgan fingerprint density at radius 1 is 1.14 bits per heavy atom. The van der Waals surface area contributed by atoms with Crippen molar-refractivity contribution in [1.82, 2.24) is 20.2 Å². The average Bonchev–Trinajstić information content (AvgIpc) is 3.10. The molecule has 0 radical (unpaired) electrons. The number of hydrogen-bond donors (Lipinski definition) is 1. The number of amides is 1. The van der Waals surface area contributed by atoms with E-state index in [2.05, 4.69) is 20.8 Å². The lowest BCUT2D eigenvalue weighted by Gasteiger charge is -2.10. The summed E-state index contributed by atoms with van der Waals surface area (Å²) >= 11 is 1.09. The van der Waals surface area contributed by atoms with Crippen LogP contribution in [0.3, 0.4) is 0 Å². The first-order valence-corrected chi connectivity index (χ1v) is 9.18. The minimum atomic E-state index is -4.47. The summed E-state index contributed by atoms with van der Waals surface area (Å²) in [6.45, 7) is 3.96. The van der Waals surface area contributed by atoms with Crippen LogP contribution in [0.15, 0.2) is 47.6 Å². The Morgan fingerprint density at radius 2 is 1.93 bits per heavy atom. The number of carbonyl (C=O) groups excluding carboxylic acids is 1. The molecule has 1 aromatic heterocycles. The Bertz CT molecular complexity index is 1000. The fraction of sp³-hybridized carbons (Fsp3) is 0.222. The number of nitrogens with zero attached hydrogens (tertiary/aromatic N) is 4. The van der Waals surface area contributed by atoms with Gasteiger partial charge in [-0.3, -0.25) is 4.79 Å². The third kappa shape index (κ3) is 4.69. The summed E-state index contributed by atoms with van der Waals surface area (Å²) < 4.78 is 39.8. The first-order chi connectivity index (χ1) is 13.2. The summed E-state index contributed by atoms with van der Waals surface area (Å²) in [5.41, 5.74) is 2.22. The number of carbonyl (C=O) groups is 1. The van der Waals surface area contributed by atoms with Gasteiger partial charge in [-0.2, -0.15) is 17.9 Å². The molecular formula is C18H16F3N5OS. The number of rotatable bonds is 5. The summed E-state index contributed by atoms with van der Waals surface area (Å²) in [5.74, 6) is -0.513. The van der Waals surface area contributed by atoms with E-state index in [9.17, 15) is 18.0 Å². The molecule has 0 saturated heterocycles. The number of hydrogen-bond acceptors (Lipinski definition) is 5. The monoisotopic (exact) mass is 407 g/mol. The molecule has 28 heavy (non-hydrogen) atoms. The molecule has 2 aromatic carbocycles. The highest BCUT2D eigenvalue weighted by Crippen LogP contribution is 2.30. The van der Waals surface area contributed by atoms with E-state index in [0.717, 1.165) is 40.7 Å². The average molecular weight is 407 g/mol. The van der Waals surface area contributed by atoms with Crippen molar-refractivity contribution in [1.29, 1.82) is 0 Å². The molecule has 0 unspecified atom stereocenters. The van der Waals surface area contributed by atoms with Crippen molar-refractivity contribution in [2.75, 3.05) is 11.1 Å². The Kier molecular flexibility index (Phi) is 5.68. The number of aryl methyl sites for hydroxylation is 2. The van der Waals surface area contributed by atoms with Crippen LogP contribution >= 0.6 is 11.8 Å². The predicted molar refractivity (Wildman–Crippen MR) is 99.4 cm³/mol. The molecule has 0 atom stereocenters. The van der Waals surface area contributed by atoms with Crippen LogP contribution in [0.25, 0.3) is 5.69 Å². The molecule has 0 spiro atoms. The van der Waals surface area contributed by atoms with E-state index >= 15 is 0 Å². The predicted octanol–water partition coefficient (Wildman–Crippen LogP) is 4.03. The third-order valence-electron chi connectivity index (χ3n) is 3.98. The van der Waals surface area contributed by atoms with Crippen LogP contribution in [0.1, 0.15) is 16.7 Å². The lowest BCUT2D eigenvalue weighted by atomic mass is 10.1. The first kappa shape index (κ1) is 19.9. The summed E-state index contributed by atoms with van der Waals surface area (Å²) in [7, 11) is 0. The number of halogens is 3. The largest absolute Gasteiger partial charge is 0.416 e. The number of thioether (sulfide) groups is 1. The van der Waals surface area contributed by atoms with Crippen LogP contribution in [-0.2, 0) is 11.0 Å². The van der Waals surface area contributed by atoms with Crippen LogP contribution in [0.2, 0.25) is 0 Å². The van der Waals surface area contributed by atoms with Gasteiger partial charge in [-0.25, -0.2) is 0 Å². The highest BCUT2D eigenvalue weighted by molar-refractivity contribution is 7.99. The zero-order valence-corrected chi connectivity index (χ0v) is 15.8. The Balaban J connectivity index is 1.66. The minimum Gasteiger partial charge on any atom is -0.325 e. The summed E-state index contributed by atoms with van der Waals surface area (Å²) in [6, 6.07) is 10.2. The van der Waals surface area contributed by atoms with Crippen LogP contribution in [0, 0.1) is 13.8 Å². The number of tetrazole rings is 1. The molecule has 1 N–H and O–H groups in total. The SMILES string of the molecule is Cc1ccc(-n2nnnc2SCC(=O)Nc2cccc(C(F)(F)F)c2)cc1C. The van der Waals surface area contributed by atoms with Crippen molar-refractivity contribution in [2.24, 2.45) is 0 Å². The molecule has 0 saturated carbocycles. The van der Waals surface area contributed by atoms with Gasteiger partial charge in [0, 0.05) is 5.69 Å². The molecule has 0 aliphatic heterocycles. The van der Waals surface area contributed by atoms with E-state index in [1.54, 1.807) is 0 Å². The molecule has 0 bridgehead atoms. The molecule has 146 valence electrons. The second-order valence-corrected chi connectivity index (χ2v) is 7.00. The van der Waals surface area contributed by atoms with Gasteiger partial charge in [0.1, 0.15) is 0 Å². The lowest BCUT2D eigenvalue weighted by molar-refractivity contribution is -0.137. The number of aromatic nitrogens is 4. The lowest BCUT2D eigenvalue weighted by Crippen LogP contribution is -2.15. The van der Waals surface area contributed by atoms with Gasteiger partial charge in [-0.15, -0.1) is 5.10 Å². The molecule has 0 aliphatic carbocycles. The summed E-state index contributed by atoms with van der Waals surface area (Å²) in [4.78, 5) is 12.1. The molecular weight excluding hydrogens is 391 g/mol. The van der Waals surface area contributed by atoms with Gasteiger partial charge in [0.05, 0.1) is 17.0 Å². The molecule has 1 amide bonds. The number of anilines is 1.